The van der Waals surface area contributed by atoms with Crippen LogP contribution in [0.3, 0.4) is 0 Å². The van der Waals surface area contributed by atoms with Gasteiger partial charge >= 0.3 is 0 Å². The molecule has 27 heavy (non-hydrogen) atoms. The Kier molecular flexibility index (Phi) is 4.12. The number of piperidine rings is 1. The van der Waals surface area contributed by atoms with Crippen molar-refractivity contribution in [3.8, 4) is 5.88 Å². The number of nitrogens with one attached hydrogen (secondary N) is 2. The summed E-state index contributed by atoms with van der Waals surface area (Å²) in [5.41, 5.74) is 1.05. The molecule has 1 saturated heterocycles. The first-order valence-electron chi connectivity index (χ1n) is 8.57. The third-order valence-electron chi connectivity index (χ3n) is 4.69. The Morgan fingerprint density at radius 1 is 1.07 bits per heavy atom. The first kappa shape index (κ1) is 16.8. The molecule has 136 valence electrons. The molecular formula is C20H17N3O4. The van der Waals surface area contributed by atoms with Crippen LogP contribution < -0.4 is 10.6 Å². The summed E-state index contributed by atoms with van der Waals surface area (Å²) in [4.78, 5) is 36.0. The van der Waals surface area contributed by atoms with E-state index < -0.39 is 11.9 Å². The Morgan fingerprint density at radius 3 is 2.59 bits per heavy atom. The summed E-state index contributed by atoms with van der Waals surface area (Å²) in [6, 6.07) is 13.3. The van der Waals surface area contributed by atoms with Crippen LogP contribution in [0, 0.1) is 0 Å². The summed E-state index contributed by atoms with van der Waals surface area (Å²) < 4.78 is 1.45. The van der Waals surface area contributed by atoms with Crippen LogP contribution in [0.5, 0.6) is 5.88 Å². The zero-order chi connectivity index (χ0) is 19.0. The van der Waals surface area contributed by atoms with Gasteiger partial charge in [0.25, 0.3) is 5.91 Å². The van der Waals surface area contributed by atoms with Gasteiger partial charge in [0.05, 0.1) is 5.69 Å². The molecule has 1 fully saturated rings. The van der Waals surface area contributed by atoms with Gasteiger partial charge in [-0.2, -0.15) is 0 Å². The van der Waals surface area contributed by atoms with Gasteiger partial charge in [0.15, 0.2) is 5.88 Å². The van der Waals surface area contributed by atoms with Crippen molar-refractivity contribution in [3.63, 3.8) is 0 Å². The van der Waals surface area contributed by atoms with Crippen molar-refractivity contribution in [3.05, 3.63) is 60.3 Å². The molecule has 7 heteroatoms. The van der Waals surface area contributed by atoms with E-state index in [9.17, 15) is 19.5 Å². The molecule has 1 unspecified atom stereocenters. The molecule has 0 spiro atoms. The van der Waals surface area contributed by atoms with Crippen LogP contribution >= 0.6 is 0 Å². The van der Waals surface area contributed by atoms with Gasteiger partial charge in [-0.1, -0.05) is 24.3 Å². The van der Waals surface area contributed by atoms with Crippen molar-refractivity contribution in [2.24, 2.45) is 0 Å². The minimum atomic E-state index is -0.673. The number of benzene rings is 2. The zero-order valence-electron chi connectivity index (χ0n) is 14.3. The number of carbonyl (C=O) groups excluding carboxylic acids is 3. The van der Waals surface area contributed by atoms with E-state index in [0.29, 0.717) is 28.4 Å². The number of fused-ring (bicyclic) bond motifs is 1. The van der Waals surface area contributed by atoms with Crippen LogP contribution in [0.25, 0.3) is 10.8 Å². The largest absolute Gasteiger partial charge is 0.494 e. The van der Waals surface area contributed by atoms with Gasteiger partial charge in [-0.05, 0) is 30.7 Å². The lowest BCUT2D eigenvalue weighted by atomic mass is 10.1. The lowest BCUT2D eigenvalue weighted by molar-refractivity contribution is -0.135. The van der Waals surface area contributed by atoms with E-state index in [1.807, 2.05) is 6.07 Å². The zero-order valence-corrected chi connectivity index (χ0v) is 14.3. The van der Waals surface area contributed by atoms with Crippen LogP contribution in [0.1, 0.15) is 29.2 Å². The normalized spacial score (nSPS) is 17.0. The fourth-order valence-electron chi connectivity index (χ4n) is 3.32. The number of hydrogen-bond acceptors (Lipinski definition) is 4. The predicted octanol–water partition coefficient (Wildman–Crippen LogP) is 2.58. The third kappa shape index (κ3) is 3.03. The van der Waals surface area contributed by atoms with E-state index in [1.54, 1.807) is 48.7 Å². The molecule has 0 bridgehead atoms. The first-order chi connectivity index (χ1) is 13.0. The molecule has 2 heterocycles. The van der Waals surface area contributed by atoms with Crippen molar-refractivity contribution in [2.75, 3.05) is 5.32 Å². The van der Waals surface area contributed by atoms with Crippen LogP contribution in [-0.4, -0.2) is 27.4 Å². The number of hydrogen-bond donors (Lipinski definition) is 3. The molecule has 7 nitrogen and oxygen atoms in total. The smallest absolute Gasteiger partial charge is 0.255 e. The lowest BCUT2D eigenvalue weighted by Crippen LogP contribution is -2.41. The highest BCUT2D eigenvalue weighted by atomic mass is 16.3. The second-order valence-electron chi connectivity index (χ2n) is 6.41. The number of amides is 3. The summed E-state index contributed by atoms with van der Waals surface area (Å²) in [5, 5.41) is 16.9. The van der Waals surface area contributed by atoms with Crippen LogP contribution in [0.2, 0.25) is 0 Å². The van der Waals surface area contributed by atoms with E-state index in [0.717, 1.165) is 0 Å². The average Bonchev–Trinajstić information content (AvgIpc) is 3.00. The summed E-state index contributed by atoms with van der Waals surface area (Å²) in [6.07, 6.45) is 2.15. The minimum Gasteiger partial charge on any atom is -0.494 e. The van der Waals surface area contributed by atoms with E-state index in [-0.39, 0.29) is 24.1 Å². The Hall–Kier alpha value is -3.61. The van der Waals surface area contributed by atoms with Gasteiger partial charge in [0, 0.05) is 29.0 Å². The molecule has 1 atom stereocenters. The lowest BCUT2D eigenvalue weighted by Gasteiger charge is -2.22. The van der Waals surface area contributed by atoms with Crippen molar-refractivity contribution in [1.29, 1.82) is 0 Å². The highest BCUT2D eigenvalue weighted by Crippen LogP contribution is 2.36. The van der Waals surface area contributed by atoms with Gasteiger partial charge in [-0.15, -0.1) is 0 Å². The van der Waals surface area contributed by atoms with E-state index in [1.165, 1.54) is 4.57 Å². The average molecular weight is 363 g/mol. The van der Waals surface area contributed by atoms with E-state index in [2.05, 4.69) is 10.6 Å². The third-order valence-corrected chi connectivity index (χ3v) is 4.69. The number of imide groups is 1. The summed E-state index contributed by atoms with van der Waals surface area (Å²) in [5.74, 6) is -1.10. The van der Waals surface area contributed by atoms with Crippen LogP contribution in [-0.2, 0) is 9.59 Å². The number of nitrogens with zero attached hydrogens (tertiary/aromatic N) is 1. The highest BCUT2D eigenvalue weighted by molar-refractivity contribution is 6.10. The molecule has 4 rings (SSSR count). The van der Waals surface area contributed by atoms with E-state index >= 15 is 0 Å². The van der Waals surface area contributed by atoms with E-state index in [4.69, 9.17) is 0 Å². The SMILES string of the molecule is O=C1CCC(n2cc3c(NC(=O)c4ccccc4)cccc3c2O)C(=O)N1. The molecule has 1 aliphatic rings. The number of rotatable bonds is 3. The Bertz CT molecular complexity index is 1060. The fourth-order valence-corrected chi connectivity index (χ4v) is 3.32. The Balaban J connectivity index is 1.71. The molecule has 2 aromatic carbocycles. The standard InChI is InChI=1S/C20H17N3O4/c24-17-10-9-16(19(26)22-17)23-11-14-13(20(23)27)7-4-8-15(14)21-18(25)12-5-2-1-3-6-12/h1-8,11,16,27H,9-10H2,(H,21,25)(H,22,24,26). The quantitative estimate of drug-likeness (QED) is 0.623. The molecular weight excluding hydrogens is 346 g/mol. The monoisotopic (exact) mass is 363 g/mol. The Labute approximate surface area is 154 Å². The Morgan fingerprint density at radius 2 is 1.85 bits per heavy atom. The topological polar surface area (TPSA) is 100 Å². The molecule has 3 amide bonds. The summed E-state index contributed by atoms with van der Waals surface area (Å²) >= 11 is 0. The molecule has 0 aliphatic carbocycles. The molecule has 1 aromatic heterocycles. The minimum absolute atomic E-state index is 0.0738. The second kappa shape index (κ2) is 6.60. The van der Waals surface area contributed by atoms with Crippen LogP contribution in [0.15, 0.2) is 54.7 Å². The molecule has 3 aromatic rings. The van der Waals surface area contributed by atoms with Crippen molar-refractivity contribution >= 4 is 34.2 Å². The van der Waals surface area contributed by atoms with Gasteiger partial charge in [-0.3, -0.25) is 19.7 Å². The second-order valence-corrected chi connectivity index (χ2v) is 6.41. The molecule has 0 saturated carbocycles. The molecule has 1 aliphatic heterocycles. The number of anilines is 1. The highest BCUT2D eigenvalue weighted by Gasteiger charge is 2.30. The fraction of sp³-hybridized carbons (Fsp3) is 0.150. The molecule has 3 N–H and O–H groups in total. The maximum atomic E-state index is 12.5. The summed E-state index contributed by atoms with van der Waals surface area (Å²) in [7, 11) is 0. The van der Waals surface area contributed by atoms with Gasteiger partial charge in [-0.25, -0.2) is 0 Å². The van der Waals surface area contributed by atoms with Gasteiger partial charge in [0.1, 0.15) is 6.04 Å². The summed E-state index contributed by atoms with van der Waals surface area (Å²) in [6.45, 7) is 0. The van der Waals surface area contributed by atoms with Crippen molar-refractivity contribution < 1.29 is 19.5 Å². The number of carbonyl (C=O) groups is 3. The first-order valence-corrected chi connectivity index (χ1v) is 8.57. The maximum absolute atomic E-state index is 12.5. The molecule has 0 radical (unpaired) electrons. The van der Waals surface area contributed by atoms with Crippen molar-refractivity contribution in [2.45, 2.75) is 18.9 Å². The predicted molar refractivity (Wildman–Crippen MR) is 99.4 cm³/mol. The maximum Gasteiger partial charge on any atom is 0.255 e. The van der Waals surface area contributed by atoms with Gasteiger partial charge < -0.3 is 15.0 Å². The number of aromatic hydroxyl groups is 1. The van der Waals surface area contributed by atoms with Gasteiger partial charge in [0.2, 0.25) is 11.8 Å². The van der Waals surface area contributed by atoms with Crippen molar-refractivity contribution in [1.82, 2.24) is 9.88 Å². The van der Waals surface area contributed by atoms with Crippen LogP contribution in [0.4, 0.5) is 5.69 Å². The number of aromatic nitrogens is 1.